The van der Waals surface area contributed by atoms with E-state index in [1.54, 1.807) is 0 Å². The van der Waals surface area contributed by atoms with Crippen molar-refractivity contribution in [3.05, 3.63) is 53.1 Å². The van der Waals surface area contributed by atoms with Crippen LogP contribution in [0.25, 0.3) is 0 Å². The van der Waals surface area contributed by atoms with E-state index in [1.807, 2.05) is 24.3 Å². The summed E-state index contributed by atoms with van der Waals surface area (Å²) < 4.78 is 16.1. The highest BCUT2D eigenvalue weighted by Crippen LogP contribution is 2.32. The second kappa shape index (κ2) is 6.43. The van der Waals surface area contributed by atoms with E-state index in [9.17, 15) is 4.79 Å². The SMILES string of the molecule is O=C(Cc1ccc2c(c1)OCO2)NCCc1ccc2c(c1)CCO2. The van der Waals surface area contributed by atoms with Crippen LogP contribution >= 0.6 is 0 Å². The van der Waals surface area contributed by atoms with Crippen LogP contribution in [0.1, 0.15) is 16.7 Å². The molecule has 0 bridgehead atoms. The Morgan fingerprint density at radius 3 is 2.75 bits per heavy atom. The van der Waals surface area contributed by atoms with Crippen molar-refractivity contribution in [1.29, 1.82) is 0 Å². The number of carbonyl (C=O) groups excluding carboxylic acids is 1. The minimum Gasteiger partial charge on any atom is -0.493 e. The molecule has 2 aliphatic heterocycles. The van der Waals surface area contributed by atoms with Crippen molar-refractivity contribution < 1.29 is 19.0 Å². The Bertz CT molecular complexity index is 772. The van der Waals surface area contributed by atoms with Gasteiger partial charge in [-0.2, -0.15) is 0 Å². The molecule has 0 atom stereocenters. The largest absolute Gasteiger partial charge is 0.493 e. The number of hydrogen-bond acceptors (Lipinski definition) is 4. The first-order valence-corrected chi connectivity index (χ1v) is 8.18. The van der Waals surface area contributed by atoms with Crippen LogP contribution in [0.15, 0.2) is 36.4 Å². The number of hydrogen-bond donors (Lipinski definition) is 1. The third-order valence-electron chi connectivity index (χ3n) is 4.29. The summed E-state index contributed by atoms with van der Waals surface area (Å²) in [6, 6.07) is 11.9. The lowest BCUT2D eigenvalue weighted by Gasteiger charge is -2.07. The van der Waals surface area contributed by atoms with Crippen molar-refractivity contribution in [2.24, 2.45) is 0 Å². The second-order valence-corrected chi connectivity index (χ2v) is 6.00. The zero-order valence-electron chi connectivity index (χ0n) is 13.3. The number of carbonyl (C=O) groups is 1. The molecule has 0 saturated heterocycles. The molecule has 5 heteroatoms. The van der Waals surface area contributed by atoms with Gasteiger partial charge in [0.2, 0.25) is 12.7 Å². The van der Waals surface area contributed by atoms with Gasteiger partial charge in [-0.1, -0.05) is 18.2 Å². The van der Waals surface area contributed by atoms with Gasteiger partial charge in [-0.3, -0.25) is 4.79 Å². The Labute approximate surface area is 140 Å². The summed E-state index contributed by atoms with van der Waals surface area (Å²) in [5, 5.41) is 2.97. The summed E-state index contributed by atoms with van der Waals surface area (Å²) in [5.74, 6) is 2.45. The normalized spacial score (nSPS) is 14.2. The van der Waals surface area contributed by atoms with Crippen molar-refractivity contribution in [2.45, 2.75) is 19.3 Å². The average Bonchev–Trinajstić information content (AvgIpc) is 3.22. The molecule has 0 fully saturated rings. The average molecular weight is 325 g/mol. The smallest absolute Gasteiger partial charge is 0.231 e. The van der Waals surface area contributed by atoms with Crippen LogP contribution in [0.3, 0.4) is 0 Å². The van der Waals surface area contributed by atoms with Crippen LogP contribution < -0.4 is 19.5 Å². The zero-order valence-corrected chi connectivity index (χ0v) is 13.3. The maximum atomic E-state index is 12.1. The minimum absolute atomic E-state index is 0.0124. The maximum Gasteiger partial charge on any atom is 0.231 e. The zero-order chi connectivity index (χ0) is 16.4. The molecule has 0 radical (unpaired) electrons. The molecular formula is C19H19NO4. The van der Waals surface area contributed by atoms with Gasteiger partial charge >= 0.3 is 0 Å². The number of rotatable bonds is 5. The van der Waals surface area contributed by atoms with Crippen LogP contribution in [0, 0.1) is 0 Å². The third-order valence-corrected chi connectivity index (χ3v) is 4.29. The molecule has 24 heavy (non-hydrogen) atoms. The highest BCUT2D eigenvalue weighted by Gasteiger charge is 2.15. The van der Waals surface area contributed by atoms with Crippen molar-refractivity contribution >= 4 is 5.91 Å². The number of nitrogens with one attached hydrogen (secondary N) is 1. The van der Waals surface area contributed by atoms with Crippen LogP contribution in [-0.2, 0) is 24.1 Å². The second-order valence-electron chi connectivity index (χ2n) is 6.00. The standard InChI is InChI=1S/C19H19NO4/c21-19(11-14-2-4-17-18(10-14)24-12-23-17)20-7-5-13-1-3-16-15(9-13)6-8-22-16/h1-4,9-10H,5-8,11-12H2,(H,20,21). The predicted molar refractivity (Wildman–Crippen MR) is 88.6 cm³/mol. The fraction of sp³-hybridized carbons (Fsp3) is 0.316. The highest BCUT2D eigenvalue weighted by atomic mass is 16.7. The molecule has 2 aliphatic rings. The van der Waals surface area contributed by atoms with Crippen molar-refractivity contribution in [3.63, 3.8) is 0 Å². The van der Waals surface area contributed by atoms with E-state index in [4.69, 9.17) is 14.2 Å². The maximum absolute atomic E-state index is 12.1. The molecule has 0 saturated carbocycles. The summed E-state index contributed by atoms with van der Waals surface area (Å²) in [4.78, 5) is 12.1. The molecule has 0 aromatic heterocycles. The molecule has 124 valence electrons. The first-order valence-electron chi connectivity index (χ1n) is 8.18. The summed E-state index contributed by atoms with van der Waals surface area (Å²) in [7, 11) is 0. The summed E-state index contributed by atoms with van der Waals surface area (Å²) in [6.07, 6.45) is 2.13. The molecule has 4 rings (SSSR count). The first kappa shape index (κ1) is 14.9. The van der Waals surface area contributed by atoms with Gasteiger partial charge in [0.1, 0.15) is 5.75 Å². The van der Waals surface area contributed by atoms with Gasteiger partial charge in [0, 0.05) is 13.0 Å². The van der Waals surface area contributed by atoms with E-state index in [1.165, 1.54) is 11.1 Å². The van der Waals surface area contributed by atoms with Gasteiger partial charge in [0.25, 0.3) is 0 Å². The van der Waals surface area contributed by atoms with E-state index in [2.05, 4.69) is 17.4 Å². The van der Waals surface area contributed by atoms with Gasteiger partial charge < -0.3 is 19.5 Å². The molecule has 0 aliphatic carbocycles. The Kier molecular flexibility index (Phi) is 3.99. The Morgan fingerprint density at radius 1 is 0.958 bits per heavy atom. The van der Waals surface area contributed by atoms with E-state index in [0.29, 0.717) is 18.7 Å². The van der Waals surface area contributed by atoms with Crippen molar-refractivity contribution in [1.82, 2.24) is 5.32 Å². The van der Waals surface area contributed by atoms with Crippen LogP contribution in [0.5, 0.6) is 17.2 Å². The van der Waals surface area contributed by atoms with Crippen molar-refractivity contribution in [3.8, 4) is 17.2 Å². The fourth-order valence-corrected chi connectivity index (χ4v) is 3.04. The molecule has 0 spiro atoms. The number of ether oxygens (including phenoxy) is 3. The van der Waals surface area contributed by atoms with E-state index in [0.717, 1.165) is 36.5 Å². The lowest BCUT2D eigenvalue weighted by Crippen LogP contribution is -2.27. The van der Waals surface area contributed by atoms with Gasteiger partial charge in [-0.15, -0.1) is 0 Å². The van der Waals surface area contributed by atoms with Gasteiger partial charge in [0.15, 0.2) is 11.5 Å². The van der Waals surface area contributed by atoms with Crippen LogP contribution in [0.4, 0.5) is 0 Å². The Balaban J connectivity index is 1.27. The lowest BCUT2D eigenvalue weighted by atomic mass is 10.1. The molecule has 2 aromatic rings. The quantitative estimate of drug-likeness (QED) is 0.916. The topological polar surface area (TPSA) is 56.8 Å². The summed E-state index contributed by atoms with van der Waals surface area (Å²) >= 11 is 0. The molecule has 0 unspecified atom stereocenters. The number of fused-ring (bicyclic) bond motifs is 2. The minimum atomic E-state index is 0.0124. The van der Waals surface area contributed by atoms with Gasteiger partial charge in [0.05, 0.1) is 13.0 Å². The molecular weight excluding hydrogens is 306 g/mol. The van der Waals surface area contributed by atoms with Gasteiger partial charge in [-0.25, -0.2) is 0 Å². The Hall–Kier alpha value is -2.69. The molecule has 2 aromatic carbocycles. The van der Waals surface area contributed by atoms with Crippen molar-refractivity contribution in [2.75, 3.05) is 19.9 Å². The highest BCUT2D eigenvalue weighted by molar-refractivity contribution is 5.78. The monoisotopic (exact) mass is 325 g/mol. The lowest BCUT2D eigenvalue weighted by molar-refractivity contribution is -0.120. The van der Waals surface area contributed by atoms with E-state index < -0.39 is 0 Å². The predicted octanol–water partition coefficient (Wildman–Crippen LogP) is 2.25. The third kappa shape index (κ3) is 3.15. The Morgan fingerprint density at radius 2 is 1.79 bits per heavy atom. The summed E-state index contributed by atoms with van der Waals surface area (Å²) in [5.41, 5.74) is 3.41. The van der Waals surface area contributed by atoms with Gasteiger partial charge in [-0.05, 0) is 41.3 Å². The van der Waals surface area contributed by atoms with E-state index in [-0.39, 0.29) is 12.7 Å². The van der Waals surface area contributed by atoms with Crippen LogP contribution in [-0.4, -0.2) is 25.9 Å². The summed E-state index contributed by atoms with van der Waals surface area (Å²) in [6.45, 7) is 1.64. The first-order chi connectivity index (χ1) is 11.8. The van der Waals surface area contributed by atoms with E-state index >= 15 is 0 Å². The molecule has 1 amide bonds. The number of benzene rings is 2. The van der Waals surface area contributed by atoms with Crippen LogP contribution in [0.2, 0.25) is 0 Å². The molecule has 5 nitrogen and oxygen atoms in total. The molecule has 1 N–H and O–H groups in total. The molecule has 2 heterocycles. The fourth-order valence-electron chi connectivity index (χ4n) is 3.04. The number of amides is 1.